The molecular formula is O3SmYb. The SMILES string of the molecule is [O-2].[O-2].[O-2].[Sm+3].[Yb+3]. The Hall–Kier alpha value is 2.74. The van der Waals surface area contributed by atoms with Gasteiger partial charge in [0.15, 0.2) is 0 Å². The summed E-state index contributed by atoms with van der Waals surface area (Å²) < 4.78 is 0. The van der Waals surface area contributed by atoms with Crippen LogP contribution in [0.25, 0.3) is 0 Å². The van der Waals surface area contributed by atoms with Crippen molar-refractivity contribution in [2.75, 3.05) is 0 Å². The maximum Gasteiger partial charge on any atom is 3.00 e. The van der Waals surface area contributed by atoms with E-state index >= 15 is 0 Å². The largest absolute Gasteiger partial charge is 3.00 e. The van der Waals surface area contributed by atoms with Gasteiger partial charge >= 0.3 is 87.3 Å². The molecule has 0 aromatic heterocycles. The summed E-state index contributed by atoms with van der Waals surface area (Å²) >= 11 is 0. The van der Waals surface area contributed by atoms with Gasteiger partial charge in [-0.3, -0.25) is 0 Å². The molecule has 0 atom stereocenters. The Morgan fingerprint density at radius 2 is 0.600 bits per heavy atom. The Morgan fingerprint density at radius 1 is 0.600 bits per heavy atom. The molecule has 0 saturated heterocycles. The van der Waals surface area contributed by atoms with E-state index < -0.39 is 0 Å². The van der Waals surface area contributed by atoms with Crippen LogP contribution in [-0.2, 0) is 16.4 Å². The molecule has 0 spiro atoms. The van der Waals surface area contributed by atoms with Gasteiger partial charge in [-0.25, -0.2) is 0 Å². The first-order valence-corrected chi connectivity index (χ1v) is 0. The van der Waals surface area contributed by atoms with E-state index in [1.807, 2.05) is 0 Å². The van der Waals surface area contributed by atoms with Crippen LogP contribution in [0.5, 0.6) is 0 Å². The Morgan fingerprint density at radius 3 is 0.600 bits per heavy atom. The van der Waals surface area contributed by atoms with Crippen LogP contribution < -0.4 is 0 Å². The van der Waals surface area contributed by atoms with Gasteiger partial charge in [0, 0.05) is 0 Å². The number of hydrogen-bond donors (Lipinski definition) is 0. The van der Waals surface area contributed by atoms with E-state index in [0.29, 0.717) is 0 Å². The van der Waals surface area contributed by atoms with E-state index in [-0.39, 0.29) is 104 Å². The molecule has 0 amide bonds. The van der Waals surface area contributed by atoms with Crippen molar-refractivity contribution in [3.8, 4) is 0 Å². The summed E-state index contributed by atoms with van der Waals surface area (Å²) in [6.45, 7) is 0. The topological polar surface area (TPSA) is 85.5 Å². The zero-order chi connectivity index (χ0) is 0. The van der Waals surface area contributed by atoms with Crippen molar-refractivity contribution in [1.82, 2.24) is 0 Å². The maximum absolute atomic E-state index is 0. The van der Waals surface area contributed by atoms with E-state index in [1.165, 1.54) is 0 Å². The average molecular weight is 371 g/mol. The first-order valence-electron chi connectivity index (χ1n) is 0. The zero-order valence-electron chi connectivity index (χ0n) is 1.90. The van der Waals surface area contributed by atoms with Crippen LogP contribution in [0.2, 0.25) is 0 Å². The van der Waals surface area contributed by atoms with E-state index in [4.69, 9.17) is 0 Å². The number of hydrogen-bond acceptors (Lipinski definition) is 0. The van der Waals surface area contributed by atoms with Gasteiger partial charge in [-0.05, 0) is 0 Å². The molecule has 0 unspecified atom stereocenters. The second-order valence-electron chi connectivity index (χ2n) is 0. The molecular weight excluding hydrogens is 371 g/mol. The number of rotatable bonds is 0. The minimum atomic E-state index is 0. The first kappa shape index (κ1) is 46.9. The molecule has 3 nitrogen and oxygen atoms in total. The smallest absolute Gasteiger partial charge is 2.00 e. The van der Waals surface area contributed by atoms with Crippen LogP contribution in [0.1, 0.15) is 0 Å². The second kappa shape index (κ2) is 29.6. The standard InChI is InChI=1S/3O.Sm.Yb/q3*-2;2*+3. The first-order chi connectivity index (χ1) is 0. The Labute approximate surface area is 101 Å². The van der Waals surface area contributed by atoms with Gasteiger partial charge in [-0.1, -0.05) is 0 Å². The molecule has 0 aromatic carbocycles. The summed E-state index contributed by atoms with van der Waals surface area (Å²) in [5.41, 5.74) is 0. The summed E-state index contributed by atoms with van der Waals surface area (Å²) in [4.78, 5) is 0. The van der Waals surface area contributed by atoms with Crippen LogP contribution >= 0.6 is 0 Å². The van der Waals surface area contributed by atoms with Crippen LogP contribution in [0.15, 0.2) is 0 Å². The maximum atomic E-state index is 0. The molecule has 0 bridgehead atoms. The minimum absolute atomic E-state index is 0. The molecule has 0 rings (SSSR count). The average Bonchev–Trinajstić information content (AvgIpc) is 0. The van der Waals surface area contributed by atoms with Gasteiger partial charge < -0.3 is 16.4 Å². The molecule has 0 heterocycles. The van der Waals surface area contributed by atoms with Crippen LogP contribution in [0.4, 0.5) is 0 Å². The van der Waals surface area contributed by atoms with Gasteiger partial charge in [-0.15, -0.1) is 0 Å². The summed E-state index contributed by atoms with van der Waals surface area (Å²) in [7, 11) is 0. The van der Waals surface area contributed by atoms with Crippen molar-refractivity contribution in [2.45, 2.75) is 0 Å². The third kappa shape index (κ3) is 20.2. The molecule has 0 aliphatic heterocycles. The van der Waals surface area contributed by atoms with Gasteiger partial charge in [0.2, 0.25) is 0 Å². The van der Waals surface area contributed by atoms with Gasteiger partial charge in [0.1, 0.15) is 0 Å². The Kier molecular flexibility index (Phi) is 277. The van der Waals surface area contributed by atoms with Crippen molar-refractivity contribution < 1.29 is 104 Å². The van der Waals surface area contributed by atoms with Crippen molar-refractivity contribution >= 4 is 0 Å². The minimum Gasteiger partial charge on any atom is -2.00 e. The van der Waals surface area contributed by atoms with E-state index in [0.717, 1.165) is 0 Å². The molecule has 0 N–H and O–H groups in total. The predicted molar refractivity (Wildman–Crippen MR) is 2.06 cm³/mol. The van der Waals surface area contributed by atoms with E-state index in [2.05, 4.69) is 0 Å². The zero-order valence-corrected chi connectivity index (χ0v) is 6.23. The van der Waals surface area contributed by atoms with Gasteiger partial charge in [0.25, 0.3) is 0 Å². The quantitative estimate of drug-likeness (QED) is 0.557. The normalized spacial score (nSPS) is 0. The third-order valence-electron chi connectivity index (χ3n) is 0. The fourth-order valence-corrected chi connectivity index (χ4v) is 0. The fourth-order valence-electron chi connectivity index (χ4n) is 0. The molecule has 2 radical (unpaired) electrons. The van der Waals surface area contributed by atoms with Crippen molar-refractivity contribution in [1.29, 1.82) is 0 Å². The predicted octanol–water partition coefficient (Wildman–Crippen LogP) is -0.356. The molecule has 5 heavy (non-hydrogen) atoms. The molecule has 0 saturated carbocycles. The summed E-state index contributed by atoms with van der Waals surface area (Å²) in [6.07, 6.45) is 0. The van der Waals surface area contributed by atoms with Crippen molar-refractivity contribution in [3.63, 3.8) is 0 Å². The van der Waals surface area contributed by atoms with Crippen LogP contribution in [0, 0.1) is 87.3 Å². The summed E-state index contributed by atoms with van der Waals surface area (Å²) in [5, 5.41) is 0. The Bertz CT molecular complexity index is 6.85. The monoisotopic (exact) mass is 374 g/mol. The fraction of sp³-hybridized carbons (Fsp3) is 0. The third-order valence-corrected chi connectivity index (χ3v) is 0. The molecule has 0 fully saturated rings. The Balaban J connectivity index is 0. The summed E-state index contributed by atoms with van der Waals surface area (Å²) in [6, 6.07) is 0. The van der Waals surface area contributed by atoms with Crippen molar-refractivity contribution in [3.05, 3.63) is 0 Å². The summed E-state index contributed by atoms with van der Waals surface area (Å²) in [5.74, 6) is 0. The van der Waals surface area contributed by atoms with Gasteiger partial charge in [0.05, 0.1) is 0 Å². The van der Waals surface area contributed by atoms with Crippen LogP contribution in [0.3, 0.4) is 0 Å². The molecule has 0 aliphatic carbocycles. The molecule has 0 aromatic rings. The van der Waals surface area contributed by atoms with E-state index in [1.54, 1.807) is 0 Å². The molecule has 5 heteroatoms. The van der Waals surface area contributed by atoms with Gasteiger partial charge in [-0.2, -0.15) is 0 Å². The molecule has 38 valence electrons. The molecule has 0 aliphatic rings. The van der Waals surface area contributed by atoms with Crippen molar-refractivity contribution in [2.24, 2.45) is 0 Å². The van der Waals surface area contributed by atoms with E-state index in [9.17, 15) is 0 Å². The second-order valence-corrected chi connectivity index (χ2v) is 0. The van der Waals surface area contributed by atoms with Crippen LogP contribution in [-0.4, -0.2) is 0 Å².